The molecular formula is C25H59N3O2. The van der Waals surface area contributed by atoms with E-state index < -0.39 is 0 Å². The van der Waals surface area contributed by atoms with Gasteiger partial charge in [0.05, 0.1) is 0 Å². The minimum absolute atomic E-state index is 0.250. The van der Waals surface area contributed by atoms with Gasteiger partial charge in [0, 0.05) is 0 Å². The van der Waals surface area contributed by atoms with Gasteiger partial charge in [0.25, 0.3) is 6.47 Å². The Hall–Kier alpha value is -0.650. The van der Waals surface area contributed by atoms with Crippen molar-refractivity contribution in [3.63, 3.8) is 0 Å². The van der Waals surface area contributed by atoms with E-state index in [2.05, 4.69) is 20.8 Å². The van der Waals surface area contributed by atoms with Crippen LogP contribution in [0.2, 0.25) is 0 Å². The number of hydrogen-bond acceptors (Lipinski definition) is 4. The summed E-state index contributed by atoms with van der Waals surface area (Å²) >= 11 is 0. The zero-order valence-corrected chi connectivity index (χ0v) is 21.0. The average molecular weight is 434 g/mol. The molecule has 0 aromatic heterocycles. The van der Waals surface area contributed by atoms with E-state index in [9.17, 15) is 0 Å². The highest BCUT2D eigenvalue weighted by molar-refractivity contribution is 5.32. The first-order valence-corrected chi connectivity index (χ1v) is 12.8. The van der Waals surface area contributed by atoms with Gasteiger partial charge in [-0.3, -0.25) is 4.79 Å². The molecule has 0 aromatic rings. The van der Waals surface area contributed by atoms with E-state index in [0.29, 0.717) is 0 Å². The lowest BCUT2D eigenvalue weighted by molar-refractivity contribution is -0.122. The molecule has 7 N–H and O–H groups in total. The van der Waals surface area contributed by atoms with Gasteiger partial charge < -0.3 is 22.3 Å². The molecule has 5 heteroatoms. The molecule has 0 fully saturated rings. The second-order valence-electron chi connectivity index (χ2n) is 7.77. The van der Waals surface area contributed by atoms with E-state index in [1.807, 2.05) is 0 Å². The molecule has 0 heterocycles. The summed E-state index contributed by atoms with van der Waals surface area (Å²) in [5, 5.41) is 6.89. The van der Waals surface area contributed by atoms with Crippen LogP contribution in [0.3, 0.4) is 0 Å². The monoisotopic (exact) mass is 433 g/mol. The number of unbranched alkanes of at least 4 members (excludes halogenated alkanes) is 15. The first-order chi connectivity index (χ1) is 14.7. The number of rotatable bonds is 18. The Balaban J connectivity index is -0.000000158. The Morgan fingerprint density at radius 3 is 0.800 bits per heavy atom. The molecule has 5 nitrogen and oxygen atoms in total. The van der Waals surface area contributed by atoms with E-state index >= 15 is 0 Å². The summed E-state index contributed by atoms with van der Waals surface area (Å²) in [6.45, 7) is 9.07. The zero-order chi connectivity index (χ0) is 23.6. The Morgan fingerprint density at radius 1 is 0.467 bits per heavy atom. The summed E-state index contributed by atoms with van der Waals surface area (Å²) in [6, 6.07) is 0. The lowest BCUT2D eigenvalue weighted by atomic mass is 10.1. The van der Waals surface area contributed by atoms with E-state index in [4.69, 9.17) is 27.1 Å². The predicted octanol–water partition coefficient (Wildman–Crippen LogP) is 6.62. The highest BCUT2D eigenvalue weighted by Gasteiger charge is 1.87. The van der Waals surface area contributed by atoms with Crippen LogP contribution in [0.1, 0.15) is 136 Å². The lowest BCUT2D eigenvalue weighted by Gasteiger charge is -1.96. The minimum Gasteiger partial charge on any atom is -0.483 e. The average Bonchev–Trinajstić information content (AvgIpc) is 2.75. The van der Waals surface area contributed by atoms with Crippen molar-refractivity contribution in [1.29, 1.82) is 0 Å². The highest BCUT2D eigenvalue weighted by Crippen LogP contribution is 2.04. The predicted molar refractivity (Wildman–Crippen MR) is 136 cm³/mol. The zero-order valence-electron chi connectivity index (χ0n) is 21.0. The molecular weight excluding hydrogens is 374 g/mol. The van der Waals surface area contributed by atoms with E-state index in [1.165, 1.54) is 116 Å². The maximum atomic E-state index is 8.36. The molecule has 0 bridgehead atoms. The van der Waals surface area contributed by atoms with Gasteiger partial charge in [0.2, 0.25) is 0 Å². The molecule has 0 aliphatic carbocycles. The molecule has 0 spiro atoms. The summed E-state index contributed by atoms with van der Waals surface area (Å²) in [6.07, 6.45) is 24.2. The van der Waals surface area contributed by atoms with Crippen LogP contribution in [-0.4, -0.2) is 31.2 Å². The summed E-state index contributed by atoms with van der Waals surface area (Å²) in [5.41, 5.74) is 16.0. The van der Waals surface area contributed by atoms with Crippen molar-refractivity contribution in [1.82, 2.24) is 0 Å². The highest BCUT2D eigenvalue weighted by atomic mass is 16.3. The van der Waals surface area contributed by atoms with Crippen molar-refractivity contribution in [3.8, 4) is 0 Å². The van der Waals surface area contributed by atoms with Crippen LogP contribution >= 0.6 is 0 Å². The summed E-state index contributed by atoms with van der Waals surface area (Å²) in [5.74, 6) is 0. The van der Waals surface area contributed by atoms with Gasteiger partial charge in [-0.25, -0.2) is 0 Å². The number of hydrogen-bond donors (Lipinski definition) is 4. The van der Waals surface area contributed by atoms with Gasteiger partial charge in [-0.1, -0.05) is 117 Å². The molecule has 186 valence electrons. The third-order valence-electron chi connectivity index (χ3n) is 4.67. The maximum absolute atomic E-state index is 8.36. The third kappa shape index (κ3) is 63.1. The fraction of sp³-hybridized carbons (Fsp3) is 0.960. The topological polar surface area (TPSA) is 115 Å². The van der Waals surface area contributed by atoms with Gasteiger partial charge in [-0.2, -0.15) is 0 Å². The van der Waals surface area contributed by atoms with Crippen LogP contribution in [0.25, 0.3) is 0 Å². The van der Waals surface area contributed by atoms with Gasteiger partial charge in [0.1, 0.15) is 0 Å². The molecule has 30 heavy (non-hydrogen) atoms. The molecule has 0 aromatic carbocycles. The quantitative estimate of drug-likeness (QED) is 0.143. The second-order valence-corrected chi connectivity index (χ2v) is 7.77. The van der Waals surface area contributed by atoms with Crippen LogP contribution in [-0.2, 0) is 4.79 Å². The van der Waals surface area contributed by atoms with Gasteiger partial charge >= 0.3 is 0 Å². The molecule has 0 radical (unpaired) electrons. The molecule has 0 rings (SSSR count). The van der Waals surface area contributed by atoms with Crippen molar-refractivity contribution in [3.05, 3.63) is 0 Å². The first-order valence-electron chi connectivity index (χ1n) is 12.8. The molecule has 0 amide bonds. The molecule has 0 atom stereocenters. The van der Waals surface area contributed by atoms with Crippen LogP contribution in [0.15, 0.2) is 0 Å². The number of carbonyl (C=O) groups is 1. The van der Waals surface area contributed by atoms with Crippen LogP contribution in [0.5, 0.6) is 0 Å². The Labute approximate surface area is 189 Å². The Morgan fingerprint density at radius 2 is 0.633 bits per heavy atom. The smallest absolute Gasteiger partial charge is 0.290 e. The fourth-order valence-corrected chi connectivity index (χ4v) is 2.77. The third-order valence-corrected chi connectivity index (χ3v) is 4.67. The number of nitrogens with two attached hydrogens (primary N) is 3. The SMILES string of the molecule is CCCCCCCCN.CCCCCCCCN.CCCCCCCCN.O=CO. The van der Waals surface area contributed by atoms with Crippen molar-refractivity contribution in [2.45, 2.75) is 136 Å². The van der Waals surface area contributed by atoms with Crippen LogP contribution < -0.4 is 17.2 Å². The maximum Gasteiger partial charge on any atom is 0.290 e. The van der Waals surface area contributed by atoms with Crippen LogP contribution in [0, 0.1) is 0 Å². The van der Waals surface area contributed by atoms with E-state index in [1.54, 1.807) is 0 Å². The normalized spacial score (nSPS) is 9.40. The van der Waals surface area contributed by atoms with Crippen LogP contribution in [0.4, 0.5) is 0 Å². The fourth-order valence-electron chi connectivity index (χ4n) is 2.77. The summed E-state index contributed by atoms with van der Waals surface area (Å²) < 4.78 is 0. The molecule has 0 aliphatic rings. The second kappa shape index (κ2) is 46.5. The van der Waals surface area contributed by atoms with Crippen molar-refractivity contribution < 1.29 is 9.90 Å². The van der Waals surface area contributed by atoms with Crippen molar-refractivity contribution in [2.24, 2.45) is 17.2 Å². The Kier molecular flexibility index (Phi) is 56.9. The molecule has 0 saturated heterocycles. The molecule has 0 saturated carbocycles. The summed E-state index contributed by atoms with van der Waals surface area (Å²) in [4.78, 5) is 8.36. The Bertz CT molecular complexity index is 191. The van der Waals surface area contributed by atoms with Gasteiger partial charge in [-0.15, -0.1) is 0 Å². The lowest BCUT2D eigenvalue weighted by Crippen LogP contribution is -1.97. The van der Waals surface area contributed by atoms with Crippen molar-refractivity contribution >= 4 is 6.47 Å². The number of carboxylic acid groups (broad SMARTS) is 1. The molecule has 0 aliphatic heterocycles. The van der Waals surface area contributed by atoms with Gasteiger partial charge in [-0.05, 0) is 38.9 Å². The van der Waals surface area contributed by atoms with E-state index in [-0.39, 0.29) is 6.47 Å². The summed E-state index contributed by atoms with van der Waals surface area (Å²) in [7, 11) is 0. The largest absolute Gasteiger partial charge is 0.483 e. The van der Waals surface area contributed by atoms with Crippen molar-refractivity contribution in [2.75, 3.05) is 19.6 Å². The standard InChI is InChI=1S/3C8H19N.CH2O2/c3*1-2-3-4-5-6-7-8-9;2-1-3/h3*2-9H2,1H3;1H,(H,2,3). The van der Waals surface area contributed by atoms with E-state index in [0.717, 1.165) is 19.6 Å². The minimum atomic E-state index is -0.250. The molecule has 0 unspecified atom stereocenters. The first kappa shape index (κ1) is 36.7. The van der Waals surface area contributed by atoms with Gasteiger partial charge in [0.15, 0.2) is 0 Å².